The van der Waals surface area contributed by atoms with Gasteiger partial charge in [0, 0.05) is 30.8 Å². The fourth-order valence-corrected chi connectivity index (χ4v) is 2.06. The third-order valence-corrected chi connectivity index (χ3v) is 3.36. The van der Waals surface area contributed by atoms with E-state index in [9.17, 15) is 4.79 Å². The number of hydrogen-bond acceptors (Lipinski definition) is 5. The van der Waals surface area contributed by atoms with Gasteiger partial charge >= 0.3 is 6.09 Å². The van der Waals surface area contributed by atoms with Crippen molar-refractivity contribution in [2.24, 2.45) is 0 Å². The van der Waals surface area contributed by atoms with Crippen molar-refractivity contribution in [3.05, 3.63) is 22.8 Å². The highest BCUT2D eigenvalue weighted by molar-refractivity contribution is 9.10. The Kier molecular flexibility index (Phi) is 7.09. The van der Waals surface area contributed by atoms with E-state index in [-0.39, 0.29) is 6.09 Å². The molecule has 1 amide bonds. The maximum atomic E-state index is 12.1. The summed E-state index contributed by atoms with van der Waals surface area (Å²) in [5, 5.41) is 1.47. The molecule has 0 spiro atoms. The van der Waals surface area contributed by atoms with E-state index in [0.29, 0.717) is 13.1 Å². The zero-order chi connectivity index (χ0) is 16.8. The first-order valence-corrected chi connectivity index (χ1v) is 8.10. The molecule has 0 aliphatic heterocycles. The topological polar surface area (TPSA) is 57.7 Å². The van der Waals surface area contributed by atoms with Crippen molar-refractivity contribution in [2.45, 2.75) is 33.3 Å². The summed E-state index contributed by atoms with van der Waals surface area (Å²) in [6.07, 6.45) is 1.39. The van der Waals surface area contributed by atoms with Gasteiger partial charge in [0.1, 0.15) is 11.4 Å². The molecular weight excluding hydrogens is 348 g/mol. The van der Waals surface area contributed by atoms with Gasteiger partial charge in [-0.1, -0.05) is 0 Å². The minimum absolute atomic E-state index is 0.380. The number of anilines is 1. The van der Waals surface area contributed by atoms with Crippen molar-refractivity contribution in [2.75, 3.05) is 31.6 Å². The highest BCUT2D eigenvalue weighted by Gasteiger charge is 2.21. The Labute approximate surface area is 140 Å². The smallest absolute Gasteiger partial charge is 0.424 e. The molecule has 124 valence electrons. The molecule has 6 nitrogen and oxygen atoms in total. The summed E-state index contributed by atoms with van der Waals surface area (Å²) >= 11 is 3.38. The Hall–Kier alpha value is -1.34. The minimum Gasteiger partial charge on any atom is -0.443 e. The summed E-state index contributed by atoms with van der Waals surface area (Å²) < 4.78 is 6.30. The van der Waals surface area contributed by atoms with E-state index in [1.807, 2.05) is 32.9 Å². The van der Waals surface area contributed by atoms with Gasteiger partial charge in [-0.3, -0.25) is 0 Å². The van der Waals surface area contributed by atoms with E-state index in [4.69, 9.17) is 4.74 Å². The molecule has 7 heteroatoms. The van der Waals surface area contributed by atoms with Crippen LogP contribution in [0.15, 0.2) is 22.8 Å². The fourth-order valence-electron chi connectivity index (χ4n) is 1.82. The summed E-state index contributed by atoms with van der Waals surface area (Å²) in [5.74, 6) is 0.881. The van der Waals surface area contributed by atoms with Crippen LogP contribution in [-0.2, 0) is 4.74 Å². The lowest BCUT2D eigenvalue weighted by Crippen LogP contribution is -2.47. The second kappa shape index (κ2) is 8.33. The van der Waals surface area contributed by atoms with E-state index in [2.05, 4.69) is 38.2 Å². The lowest BCUT2D eigenvalue weighted by atomic mass is 10.2. The molecule has 1 rings (SSSR count). The van der Waals surface area contributed by atoms with Crippen molar-refractivity contribution in [3.8, 4) is 0 Å². The zero-order valence-electron chi connectivity index (χ0n) is 13.9. The Bertz CT molecular complexity index is 473. The Morgan fingerprint density at radius 1 is 1.36 bits per heavy atom. The average molecular weight is 373 g/mol. The molecule has 0 aliphatic rings. The second-order valence-electron chi connectivity index (χ2n) is 5.77. The fraction of sp³-hybridized carbons (Fsp3) is 0.600. The second-order valence-corrected chi connectivity index (χ2v) is 6.69. The first-order valence-electron chi connectivity index (χ1n) is 7.31. The van der Waals surface area contributed by atoms with Crippen molar-refractivity contribution in [1.29, 1.82) is 0 Å². The number of hydrogen-bond donors (Lipinski definition) is 1. The van der Waals surface area contributed by atoms with E-state index in [1.54, 1.807) is 13.2 Å². The number of aromatic nitrogens is 1. The minimum atomic E-state index is -0.510. The maximum absolute atomic E-state index is 12.1. The number of amides is 1. The molecule has 0 saturated carbocycles. The van der Waals surface area contributed by atoms with Crippen LogP contribution in [0.25, 0.3) is 0 Å². The molecule has 0 unspecified atom stereocenters. The van der Waals surface area contributed by atoms with Crippen LogP contribution < -0.4 is 10.3 Å². The highest BCUT2D eigenvalue weighted by atomic mass is 79.9. The largest absolute Gasteiger partial charge is 0.443 e. The predicted molar refractivity (Wildman–Crippen MR) is 91.8 cm³/mol. The molecular formula is C15H25BrN4O2. The Morgan fingerprint density at radius 2 is 2.05 bits per heavy atom. The summed E-state index contributed by atoms with van der Waals surface area (Å²) in [5.41, 5.74) is 2.36. The van der Waals surface area contributed by atoms with Crippen molar-refractivity contribution >= 4 is 27.8 Å². The summed E-state index contributed by atoms with van der Waals surface area (Å²) in [7, 11) is 1.71. The molecule has 22 heavy (non-hydrogen) atoms. The number of rotatable bonds is 6. The molecule has 0 aromatic carbocycles. The van der Waals surface area contributed by atoms with Crippen molar-refractivity contribution in [3.63, 3.8) is 0 Å². The molecule has 0 bridgehead atoms. The van der Waals surface area contributed by atoms with Gasteiger partial charge in [0.25, 0.3) is 0 Å². The Balaban J connectivity index is 2.63. The van der Waals surface area contributed by atoms with Crippen LogP contribution in [-0.4, -0.2) is 48.4 Å². The number of ether oxygens (including phenoxy) is 1. The summed E-state index contributed by atoms with van der Waals surface area (Å²) in [6.45, 7) is 9.57. The van der Waals surface area contributed by atoms with Gasteiger partial charge in [-0.25, -0.2) is 20.2 Å². The van der Waals surface area contributed by atoms with Gasteiger partial charge < -0.3 is 9.64 Å². The quantitative estimate of drug-likeness (QED) is 0.777. The third kappa shape index (κ3) is 6.19. The summed E-state index contributed by atoms with van der Waals surface area (Å²) in [4.78, 5) is 18.6. The van der Waals surface area contributed by atoms with Crippen LogP contribution >= 0.6 is 15.9 Å². The molecule has 0 aliphatic carbocycles. The number of halogens is 1. The van der Waals surface area contributed by atoms with E-state index < -0.39 is 5.60 Å². The van der Waals surface area contributed by atoms with E-state index in [0.717, 1.165) is 16.8 Å². The third-order valence-electron chi connectivity index (χ3n) is 2.89. The lowest BCUT2D eigenvalue weighted by molar-refractivity contribution is 0.0167. The molecule has 0 saturated heterocycles. The first kappa shape index (κ1) is 18.7. The highest BCUT2D eigenvalue weighted by Crippen LogP contribution is 2.15. The molecule has 0 atom stereocenters. The predicted octanol–water partition coefficient (Wildman–Crippen LogP) is 3.04. The molecule has 0 radical (unpaired) electrons. The van der Waals surface area contributed by atoms with Gasteiger partial charge in [-0.2, -0.15) is 0 Å². The number of nitrogens with zero attached hydrogens (tertiary/aromatic N) is 3. The maximum Gasteiger partial charge on any atom is 0.424 e. The number of hydrazine groups is 1. The number of likely N-dealkylation sites (N-methyl/N-ethyl adjacent to an activating group) is 1. The lowest BCUT2D eigenvalue weighted by Gasteiger charge is -2.29. The van der Waals surface area contributed by atoms with Gasteiger partial charge in [-0.05, 0) is 55.8 Å². The standard InChI is InChI=1S/C15H25BrN4O2/c1-6-19(13-8-7-12(16)11-18-13)9-10-20(17-5)14(21)22-15(2,3)4/h7-8,11,17H,6,9-10H2,1-5H3. The van der Waals surface area contributed by atoms with Crippen molar-refractivity contribution < 1.29 is 9.53 Å². The van der Waals surface area contributed by atoms with Crippen LogP contribution in [0.4, 0.5) is 10.6 Å². The first-order chi connectivity index (χ1) is 10.3. The molecule has 0 fully saturated rings. The summed E-state index contributed by atoms with van der Waals surface area (Å²) in [6, 6.07) is 3.90. The van der Waals surface area contributed by atoms with Gasteiger partial charge in [0.05, 0.1) is 6.54 Å². The number of carbonyl (C=O) groups is 1. The number of nitrogens with one attached hydrogen (secondary N) is 1. The monoisotopic (exact) mass is 372 g/mol. The zero-order valence-corrected chi connectivity index (χ0v) is 15.5. The van der Waals surface area contributed by atoms with Gasteiger partial charge in [0.2, 0.25) is 0 Å². The van der Waals surface area contributed by atoms with Gasteiger partial charge in [-0.15, -0.1) is 0 Å². The van der Waals surface area contributed by atoms with E-state index >= 15 is 0 Å². The average Bonchev–Trinajstić information content (AvgIpc) is 2.43. The molecule has 1 heterocycles. The SMILES string of the molecule is CCN(CCN(NC)C(=O)OC(C)(C)C)c1ccc(Br)cn1. The number of carbonyl (C=O) groups excluding carboxylic acids is 1. The Morgan fingerprint density at radius 3 is 2.50 bits per heavy atom. The van der Waals surface area contributed by atoms with Crippen molar-refractivity contribution in [1.82, 2.24) is 15.4 Å². The van der Waals surface area contributed by atoms with Gasteiger partial charge in [0.15, 0.2) is 0 Å². The van der Waals surface area contributed by atoms with Crippen LogP contribution in [0, 0.1) is 0 Å². The normalized spacial score (nSPS) is 11.2. The van der Waals surface area contributed by atoms with Crippen LogP contribution in [0.2, 0.25) is 0 Å². The molecule has 1 aromatic heterocycles. The van der Waals surface area contributed by atoms with Crippen LogP contribution in [0.1, 0.15) is 27.7 Å². The van der Waals surface area contributed by atoms with Crippen LogP contribution in [0.3, 0.4) is 0 Å². The number of pyridine rings is 1. The van der Waals surface area contributed by atoms with Crippen LogP contribution in [0.5, 0.6) is 0 Å². The molecule has 1 aromatic rings. The molecule has 1 N–H and O–H groups in total. The van der Waals surface area contributed by atoms with E-state index in [1.165, 1.54) is 5.01 Å².